The highest BCUT2D eigenvalue weighted by Gasteiger charge is 2.14. The van der Waals surface area contributed by atoms with Crippen LogP contribution in [0.4, 0.5) is 5.69 Å². The number of halogens is 2. The lowest BCUT2D eigenvalue weighted by atomic mass is 10.1. The summed E-state index contributed by atoms with van der Waals surface area (Å²) in [6.07, 6.45) is 0. The van der Waals surface area contributed by atoms with E-state index < -0.39 is 5.91 Å². The number of benzene rings is 2. The molecule has 0 aliphatic heterocycles. The van der Waals surface area contributed by atoms with Gasteiger partial charge < -0.3 is 11.1 Å². The van der Waals surface area contributed by atoms with Crippen LogP contribution in [0.5, 0.6) is 0 Å². The van der Waals surface area contributed by atoms with E-state index in [1.54, 1.807) is 48.7 Å². The second-order valence-corrected chi connectivity index (χ2v) is 7.19. The van der Waals surface area contributed by atoms with Gasteiger partial charge in [0.25, 0.3) is 5.91 Å². The number of nitrogens with two attached hydrogens (primary N) is 1. The zero-order valence-electron chi connectivity index (χ0n) is 13.5. The average molecular weight is 406 g/mol. The molecule has 2 amide bonds. The highest BCUT2D eigenvalue weighted by Crippen LogP contribution is 2.30. The van der Waals surface area contributed by atoms with Crippen molar-refractivity contribution in [1.82, 2.24) is 4.98 Å². The van der Waals surface area contributed by atoms with Gasteiger partial charge >= 0.3 is 0 Å². The number of carbonyl (C=O) groups excluding carboxylic acids is 2. The predicted molar refractivity (Wildman–Crippen MR) is 105 cm³/mol. The third kappa shape index (κ3) is 3.88. The molecule has 0 radical (unpaired) electrons. The number of rotatable bonds is 4. The molecule has 132 valence electrons. The van der Waals surface area contributed by atoms with Crippen LogP contribution in [0.25, 0.3) is 10.6 Å². The summed E-state index contributed by atoms with van der Waals surface area (Å²) < 4.78 is 0. The Morgan fingerprint density at radius 3 is 2.58 bits per heavy atom. The van der Waals surface area contributed by atoms with Crippen molar-refractivity contribution in [1.29, 1.82) is 0 Å². The molecule has 3 rings (SSSR count). The Morgan fingerprint density at radius 1 is 1.12 bits per heavy atom. The van der Waals surface area contributed by atoms with Crippen LogP contribution in [0, 0.1) is 6.92 Å². The summed E-state index contributed by atoms with van der Waals surface area (Å²) in [7, 11) is 0. The summed E-state index contributed by atoms with van der Waals surface area (Å²) in [6, 6.07) is 10.1. The molecule has 0 fully saturated rings. The van der Waals surface area contributed by atoms with Gasteiger partial charge in [0, 0.05) is 22.2 Å². The Labute approximate surface area is 163 Å². The normalized spacial score (nSPS) is 10.6. The number of nitrogens with zero attached hydrogens (tertiary/aromatic N) is 1. The molecular formula is C18H13Cl2N3O2S. The molecule has 0 unspecified atom stereocenters. The molecule has 1 heterocycles. The number of aromatic nitrogens is 1. The maximum absolute atomic E-state index is 12.4. The second-order valence-electron chi connectivity index (χ2n) is 5.51. The summed E-state index contributed by atoms with van der Waals surface area (Å²) in [5.74, 6) is -0.930. The highest BCUT2D eigenvalue weighted by atomic mass is 35.5. The smallest absolute Gasteiger partial charge is 0.275 e. The molecule has 8 heteroatoms. The molecule has 5 nitrogen and oxygen atoms in total. The van der Waals surface area contributed by atoms with Crippen molar-refractivity contribution in [2.75, 3.05) is 5.32 Å². The lowest BCUT2D eigenvalue weighted by Gasteiger charge is -2.07. The molecule has 3 aromatic rings. The third-order valence-electron chi connectivity index (χ3n) is 3.66. The number of carbonyl (C=O) groups is 2. The number of hydrogen-bond acceptors (Lipinski definition) is 4. The summed E-state index contributed by atoms with van der Waals surface area (Å²) in [4.78, 5) is 28.2. The summed E-state index contributed by atoms with van der Waals surface area (Å²) >= 11 is 13.3. The van der Waals surface area contributed by atoms with E-state index in [-0.39, 0.29) is 11.6 Å². The first kappa shape index (κ1) is 18.4. The van der Waals surface area contributed by atoms with Crippen LogP contribution in [0.2, 0.25) is 10.0 Å². The number of primary amides is 1. The van der Waals surface area contributed by atoms with Gasteiger partial charge in [-0.3, -0.25) is 9.59 Å². The van der Waals surface area contributed by atoms with Gasteiger partial charge in [0.05, 0.1) is 10.0 Å². The fourth-order valence-corrected chi connectivity index (χ4v) is 3.40. The molecule has 0 saturated heterocycles. The van der Waals surface area contributed by atoms with Crippen LogP contribution in [0.15, 0.2) is 41.8 Å². The van der Waals surface area contributed by atoms with Crippen molar-refractivity contribution in [2.24, 2.45) is 5.73 Å². The third-order valence-corrected chi connectivity index (χ3v) is 5.29. The van der Waals surface area contributed by atoms with Crippen molar-refractivity contribution < 1.29 is 9.59 Å². The molecule has 3 N–H and O–H groups in total. The van der Waals surface area contributed by atoms with Crippen LogP contribution >= 0.6 is 34.5 Å². The van der Waals surface area contributed by atoms with E-state index in [2.05, 4.69) is 10.3 Å². The van der Waals surface area contributed by atoms with Gasteiger partial charge in [-0.25, -0.2) is 4.98 Å². The topological polar surface area (TPSA) is 85.1 Å². The zero-order valence-corrected chi connectivity index (χ0v) is 15.9. The molecule has 0 saturated carbocycles. The maximum Gasteiger partial charge on any atom is 0.275 e. The largest absolute Gasteiger partial charge is 0.366 e. The molecule has 26 heavy (non-hydrogen) atoms. The summed E-state index contributed by atoms with van der Waals surface area (Å²) in [5, 5.41) is 5.89. The predicted octanol–water partition coefficient (Wildman–Crippen LogP) is 4.78. The van der Waals surface area contributed by atoms with Gasteiger partial charge in [0.15, 0.2) is 0 Å². The van der Waals surface area contributed by atoms with Crippen molar-refractivity contribution in [2.45, 2.75) is 6.92 Å². The Kier molecular flexibility index (Phi) is 5.27. The van der Waals surface area contributed by atoms with Crippen molar-refractivity contribution in [3.63, 3.8) is 0 Å². The first-order chi connectivity index (χ1) is 12.3. The fraction of sp³-hybridized carbons (Fsp3) is 0.0556. The first-order valence-electron chi connectivity index (χ1n) is 7.48. The van der Waals surface area contributed by atoms with Gasteiger partial charge in [-0.05, 0) is 36.8 Å². The van der Waals surface area contributed by atoms with Crippen LogP contribution in [0.1, 0.15) is 26.4 Å². The number of aryl methyl sites for hydroxylation is 1. The van der Waals surface area contributed by atoms with Gasteiger partial charge in [-0.2, -0.15) is 0 Å². The molecule has 1 aromatic heterocycles. The van der Waals surface area contributed by atoms with Crippen LogP contribution in [0.3, 0.4) is 0 Å². The van der Waals surface area contributed by atoms with E-state index in [0.717, 1.165) is 11.1 Å². The van der Waals surface area contributed by atoms with Crippen molar-refractivity contribution >= 4 is 52.0 Å². The lowest BCUT2D eigenvalue weighted by molar-refractivity contribution is 0.0995. The number of anilines is 1. The Balaban J connectivity index is 1.81. The molecular weight excluding hydrogens is 393 g/mol. The van der Waals surface area contributed by atoms with Crippen molar-refractivity contribution in [3.8, 4) is 10.6 Å². The average Bonchev–Trinajstić information content (AvgIpc) is 3.09. The quantitative estimate of drug-likeness (QED) is 0.654. The van der Waals surface area contributed by atoms with Gasteiger partial charge in [0.1, 0.15) is 10.7 Å². The molecule has 0 bridgehead atoms. The van der Waals surface area contributed by atoms with Gasteiger partial charge in [0.2, 0.25) is 5.91 Å². The summed E-state index contributed by atoms with van der Waals surface area (Å²) in [6.45, 7) is 1.77. The minimum Gasteiger partial charge on any atom is -0.366 e. The monoisotopic (exact) mass is 405 g/mol. The van der Waals surface area contributed by atoms with Gasteiger partial charge in [-0.15, -0.1) is 11.3 Å². The van der Waals surface area contributed by atoms with Gasteiger partial charge in [-0.1, -0.05) is 35.3 Å². The SMILES string of the molecule is Cc1ccc(NC(=O)c2csc(-c3ccc(Cl)c(Cl)c3)n2)cc1C(N)=O. The molecule has 0 aliphatic rings. The van der Waals surface area contributed by atoms with Crippen LogP contribution in [-0.2, 0) is 0 Å². The van der Waals surface area contributed by atoms with E-state index in [0.29, 0.717) is 26.3 Å². The Morgan fingerprint density at radius 2 is 1.88 bits per heavy atom. The summed E-state index contributed by atoms with van der Waals surface area (Å²) in [5.41, 5.74) is 7.94. The molecule has 0 spiro atoms. The standard InChI is InChI=1S/C18H13Cl2N3O2S/c1-9-2-4-11(7-12(9)16(21)24)22-17(25)15-8-26-18(23-15)10-3-5-13(19)14(20)6-10/h2-8H,1H3,(H2,21,24)(H,22,25). The highest BCUT2D eigenvalue weighted by molar-refractivity contribution is 7.13. The van der Waals surface area contributed by atoms with E-state index in [1.165, 1.54) is 11.3 Å². The zero-order chi connectivity index (χ0) is 18.8. The first-order valence-corrected chi connectivity index (χ1v) is 9.11. The van der Waals surface area contributed by atoms with E-state index >= 15 is 0 Å². The van der Waals surface area contributed by atoms with Crippen molar-refractivity contribution in [3.05, 3.63) is 68.6 Å². The lowest BCUT2D eigenvalue weighted by Crippen LogP contribution is -2.15. The Bertz CT molecular complexity index is 1020. The van der Waals surface area contributed by atoms with E-state index in [1.807, 2.05) is 0 Å². The fourth-order valence-electron chi connectivity index (χ4n) is 2.30. The number of nitrogens with one attached hydrogen (secondary N) is 1. The Hall–Kier alpha value is -2.41. The number of thiazole rings is 1. The van der Waals surface area contributed by atoms with E-state index in [9.17, 15) is 9.59 Å². The maximum atomic E-state index is 12.4. The molecule has 2 aromatic carbocycles. The van der Waals surface area contributed by atoms with Crippen LogP contribution in [-0.4, -0.2) is 16.8 Å². The molecule has 0 atom stereocenters. The molecule has 0 aliphatic carbocycles. The number of hydrogen-bond donors (Lipinski definition) is 2. The minimum atomic E-state index is -0.547. The number of amides is 2. The van der Waals surface area contributed by atoms with E-state index in [4.69, 9.17) is 28.9 Å². The van der Waals surface area contributed by atoms with Crippen LogP contribution < -0.4 is 11.1 Å². The second kappa shape index (κ2) is 7.45. The minimum absolute atomic E-state index is 0.261.